The van der Waals surface area contributed by atoms with Crippen LogP contribution in [-0.4, -0.2) is 11.7 Å². The molecule has 0 saturated heterocycles. The SMILES string of the molecule is CC(C)CC1(CO)CC(C)C1. The predicted molar refractivity (Wildman–Crippen MR) is 47.4 cm³/mol. The molecule has 1 rings (SSSR count). The molecular weight excluding hydrogens is 136 g/mol. The molecule has 1 N–H and O–H groups in total. The van der Waals surface area contributed by atoms with Gasteiger partial charge in [0, 0.05) is 6.61 Å². The van der Waals surface area contributed by atoms with Gasteiger partial charge < -0.3 is 5.11 Å². The van der Waals surface area contributed by atoms with Crippen LogP contribution in [0.15, 0.2) is 0 Å². The van der Waals surface area contributed by atoms with Crippen LogP contribution in [0.1, 0.15) is 40.0 Å². The van der Waals surface area contributed by atoms with Crippen molar-refractivity contribution in [1.82, 2.24) is 0 Å². The summed E-state index contributed by atoms with van der Waals surface area (Å²) in [5.74, 6) is 1.58. The predicted octanol–water partition coefficient (Wildman–Crippen LogP) is 2.44. The van der Waals surface area contributed by atoms with Gasteiger partial charge in [-0.25, -0.2) is 0 Å². The summed E-state index contributed by atoms with van der Waals surface area (Å²) >= 11 is 0. The first-order valence-corrected chi connectivity index (χ1v) is 4.69. The molecule has 1 nitrogen and oxygen atoms in total. The zero-order valence-corrected chi connectivity index (χ0v) is 7.93. The van der Waals surface area contributed by atoms with Crippen molar-refractivity contribution in [2.45, 2.75) is 40.0 Å². The molecular formula is C10H20O. The van der Waals surface area contributed by atoms with Gasteiger partial charge in [-0.1, -0.05) is 20.8 Å². The Morgan fingerprint density at radius 2 is 2.00 bits per heavy atom. The minimum Gasteiger partial charge on any atom is -0.396 e. The van der Waals surface area contributed by atoms with Crippen LogP contribution in [-0.2, 0) is 0 Å². The topological polar surface area (TPSA) is 20.2 Å². The lowest BCUT2D eigenvalue weighted by Gasteiger charge is -2.46. The Hall–Kier alpha value is -0.0400. The van der Waals surface area contributed by atoms with Crippen LogP contribution in [0.3, 0.4) is 0 Å². The summed E-state index contributed by atoms with van der Waals surface area (Å²) < 4.78 is 0. The Balaban J connectivity index is 2.38. The average molecular weight is 156 g/mol. The summed E-state index contributed by atoms with van der Waals surface area (Å²) in [5.41, 5.74) is 0.313. The van der Waals surface area contributed by atoms with Crippen LogP contribution < -0.4 is 0 Å². The molecule has 0 heterocycles. The van der Waals surface area contributed by atoms with Gasteiger partial charge in [-0.05, 0) is 36.5 Å². The Bertz CT molecular complexity index is 123. The normalized spacial score (nSPS) is 37.4. The fraction of sp³-hybridized carbons (Fsp3) is 1.00. The highest BCUT2D eigenvalue weighted by atomic mass is 16.3. The molecule has 0 aromatic heterocycles. The fourth-order valence-electron chi connectivity index (χ4n) is 2.64. The van der Waals surface area contributed by atoms with Crippen molar-refractivity contribution in [2.24, 2.45) is 17.3 Å². The molecule has 0 aromatic rings. The summed E-state index contributed by atoms with van der Waals surface area (Å²) in [6, 6.07) is 0. The Morgan fingerprint density at radius 3 is 2.27 bits per heavy atom. The van der Waals surface area contributed by atoms with E-state index in [-0.39, 0.29) is 0 Å². The molecule has 1 aliphatic carbocycles. The maximum atomic E-state index is 9.20. The van der Waals surface area contributed by atoms with E-state index in [1.165, 1.54) is 19.3 Å². The number of rotatable bonds is 3. The van der Waals surface area contributed by atoms with Crippen molar-refractivity contribution in [2.75, 3.05) is 6.61 Å². The summed E-state index contributed by atoms with van der Waals surface area (Å²) in [7, 11) is 0. The summed E-state index contributed by atoms with van der Waals surface area (Å²) in [6.45, 7) is 7.14. The Labute approximate surface area is 69.8 Å². The van der Waals surface area contributed by atoms with E-state index in [0.717, 1.165) is 11.8 Å². The number of hydrogen-bond acceptors (Lipinski definition) is 1. The third-order valence-electron chi connectivity index (χ3n) is 2.74. The molecule has 0 aliphatic heterocycles. The molecule has 0 bridgehead atoms. The zero-order valence-electron chi connectivity index (χ0n) is 7.93. The summed E-state index contributed by atoms with van der Waals surface area (Å²) in [4.78, 5) is 0. The highest BCUT2D eigenvalue weighted by Crippen LogP contribution is 2.49. The summed E-state index contributed by atoms with van der Waals surface area (Å²) in [5, 5.41) is 9.20. The van der Waals surface area contributed by atoms with Gasteiger partial charge in [-0.15, -0.1) is 0 Å². The van der Waals surface area contributed by atoms with Crippen LogP contribution >= 0.6 is 0 Å². The molecule has 66 valence electrons. The van der Waals surface area contributed by atoms with E-state index in [2.05, 4.69) is 20.8 Å². The van der Waals surface area contributed by atoms with Crippen molar-refractivity contribution in [1.29, 1.82) is 0 Å². The molecule has 0 aromatic carbocycles. The first-order valence-electron chi connectivity index (χ1n) is 4.69. The maximum absolute atomic E-state index is 9.20. The second kappa shape index (κ2) is 3.14. The first-order chi connectivity index (χ1) is 5.08. The average Bonchev–Trinajstić information content (AvgIpc) is 1.82. The van der Waals surface area contributed by atoms with Crippen molar-refractivity contribution < 1.29 is 5.11 Å². The van der Waals surface area contributed by atoms with Gasteiger partial charge in [0.15, 0.2) is 0 Å². The lowest BCUT2D eigenvalue weighted by atomic mass is 9.60. The highest BCUT2D eigenvalue weighted by molar-refractivity contribution is 4.91. The molecule has 0 amide bonds. The van der Waals surface area contributed by atoms with Gasteiger partial charge in [0.2, 0.25) is 0 Å². The van der Waals surface area contributed by atoms with E-state index >= 15 is 0 Å². The molecule has 0 radical (unpaired) electrons. The van der Waals surface area contributed by atoms with Crippen LogP contribution in [0.25, 0.3) is 0 Å². The van der Waals surface area contributed by atoms with Crippen molar-refractivity contribution in [3.05, 3.63) is 0 Å². The van der Waals surface area contributed by atoms with E-state index in [0.29, 0.717) is 12.0 Å². The molecule has 1 aliphatic rings. The van der Waals surface area contributed by atoms with Gasteiger partial charge in [0.05, 0.1) is 0 Å². The lowest BCUT2D eigenvalue weighted by molar-refractivity contribution is -0.0152. The van der Waals surface area contributed by atoms with E-state index in [9.17, 15) is 5.11 Å². The smallest absolute Gasteiger partial charge is 0.0487 e. The van der Waals surface area contributed by atoms with Crippen molar-refractivity contribution in [3.8, 4) is 0 Å². The largest absolute Gasteiger partial charge is 0.396 e. The van der Waals surface area contributed by atoms with Gasteiger partial charge in [-0.3, -0.25) is 0 Å². The van der Waals surface area contributed by atoms with E-state index in [4.69, 9.17) is 0 Å². The molecule has 1 heteroatoms. The van der Waals surface area contributed by atoms with E-state index < -0.39 is 0 Å². The number of hydrogen-bond donors (Lipinski definition) is 1. The van der Waals surface area contributed by atoms with Gasteiger partial charge >= 0.3 is 0 Å². The van der Waals surface area contributed by atoms with Gasteiger partial charge in [0.25, 0.3) is 0 Å². The van der Waals surface area contributed by atoms with E-state index in [1.54, 1.807) is 0 Å². The minimum atomic E-state index is 0.313. The van der Waals surface area contributed by atoms with Gasteiger partial charge in [0.1, 0.15) is 0 Å². The zero-order chi connectivity index (χ0) is 8.48. The fourth-order valence-corrected chi connectivity index (χ4v) is 2.64. The van der Waals surface area contributed by atoms with Crippen LogP contribution in [0.2, 0.25) is 0 Å². The first kappa shape index (κ1) is 9.05. The highest BCUT2D eigenvalue weighted by Gasteiger charge is 2.41. The maximum Gasteiger partial charge on any atom is 0.0487 e. The summed E-state index contributed by atoms with van der Waals surface area (Å²) in [6.07, 6.45) is 3.68. The van der Waals surface area contributed by atoms with Gasteiger partial charge in [-0.2, -0.15) is 0 Å². The lowest BCUT2D eigenvalue weighted by Crippen LogP contribution is -2.40. The number of aliphatic hydroxyl groups is 1. The van der Waals surface area contributed by atoms with Crippen molar-refractivity contribution in [3.63, 3.8) is 0 Å². The second-order valence-electron chi connectivity index (χ2n) is 4.77. The third-order valence-corrected chi connectivity index (χ3v) is 2.74. The molecule has 1 fully saturated rings. The van der Waals surface area contributed by atoms with E-state index in [1.807, 2.05) is 0 Å². The Kier molecular flexibility index (Phi) is 2.58. The minimum absolute atomic E-state index is 0.313. The quantitative estimate of drug-likeness (QED) is 0.665. The molecule has 11 heavy (non-hydrogen) atoms. The Morgan fingerprint density at radius 1 is 1.45 bits per heavy atom. The van der Waals surface area contributed by atoms with Crippen LogP contribution in [0.5, 0.6) is 0 Å². The van der Waals surface area contributed by atoms with Crippen molar-refractivity contribution >= 4 is 0 Å². The monoisotopic (exact) mass is 156 g/mol. The van der Waals surface area contributed by atoms with Crippen LogP contribution in [0.4, 0.5) is 0 Å². The molecule has 0 spiro atoms. The number of aliphatic hydroxyl groups excluding tert-OH is 1. The second-order valence-corrected chi connectivity index (χ2v) is 4.77. The standard InChI is InChI=1S/C10H20O/c1-8(2)4-10(7-11)5-9(3)6-10/h8-9,11H,4-7H2,1-3H3. The van der Waals surface area contributed by atoms with Crippen LogP contribution in [0, 0.1) is 17.3 Å². The molecule has 1 saturated carbocycles. The molecule has 0 atom stereocenters. The third kappa shape index (κ3) is 1.96. The molecule has 0 unspecified atom stereocenters.